The van der Waals surface area contributed by atoms with E-state index in [4.69, 9.17) is 15.2 Å². The monoisotopic (exact) mass is 252 g/mol. The van der Waals surface area contributed by atoms with E-state index in [9.17, 15) is 4.79 Å². The van der Waals surface area contributed by atoms with Crippen molar-refractivity contribution in [1.29, 1.82) is 0 Å². The van der Waals surface area contributed by atoms with Crippen molar-refractivity contribution in [2.24, 2.45) is 5.73 Å². The van der Waals surface area contributed by atoms with E-state index in [0.29, 0.717) is 6.61 Å². The van der Waals surface area contributed by atoms with Gasteiger partial charge in [-0.15, -0.1) is 0 Å². The zero-order valence-electron chi connectivity index (χ0n) is 10.8. The lowest BCUT2D eigenvalue weighted by Crippen LogP contribution is -2.43. The molecule has 100 valence electrons. The predicted octanol–water partition coefficient (Wildman–Crippen LogP) is 0.328. The number of nitrogens with one attached hydrogen (secondary N) is 1. The Kier molecular flexibility index (Phi) is 6.18. The van der Waals surface area contributed by atoms with E-state index in [0.717, 1.165) is 12.2 Å². The number of carbonyl (C=O) groups excluding carboxylic acids is 1. The normalized spacial score (nSPS) is 12.1. The van der Waals surface area contributed by atoms with Gasteiger partial charge in [0, 0.05) is 7.11 Å². The second-order valence-electron chi connectivity index (χ2n) is 3.94. The highest BCUT2D eigenvalue weighted by molar-refractivity contribution is 5.79. The fourth-order valence-electron chi connectivity index (χ4n) is 1.46. The first-order chi connectivity index (χ1) is 8.67. The average molecular weight is 252 g/mol. The molecule has 0 aliphatic rings. The molecule has 0 aromatic heterocycles. The zero-order valence-corrected chi connectivity index (χ0v) is 10.8. The number of rotatable bonds is 8. The molecule has 1 atom stereocenters. The molecule has 1 amide bonds. The molecule has 0 heterocycles. The van der Waals surface area contributed by atoms with Crippen LogP contribution in [0, 0.1) is 0 Å². The fraction of sp³-hybridized carbons (Fsp3) is 0.462. The Labute approximate surface area is 107 Å². The summed E-state index contributed by atoms with van der Waals surface area (Å²) in [6.45, 7) is 0.924. The van der Waals surface area contributed by atoms with Crippen molar-refractivity contribution >= 4 is 5.91 Å². The third-order valence-corrected chi connectivity index (χ3v) is 2.63. The highest BCUT2D eigenvalue weighted by Gasteiger charge is 2.12. The predicted molar refractivity (Wildman–Crippen MR) is 69.6 cm³/mol. The summed E-state index contributed by atoms with van der Waals surface area (Å²) in [5.74, 6) is 0.298. The summed E-state index contributed by atoms with van der Waals surface area (Å²) < 4.78 is 10.5. The Morgan fingerprint density at radius 1 is 1.39 bits per heavy atom. The van der Waals surface area contributed by atoms with E-state index >= 15 is 0 Å². The number of primary amides is 1. The molecule has 1 aromatic carbocycles. The molecule has 5 nitrogen and oxygen atoms in total. The van der Waals surface area contributed by atoms with Crippen LogP contribution in [0.4, 0.5) is 0 Å². The lowest BCUT2D eigenvalue weighted by Gasteiger charge is -2.13. The number of nitrogens with two attached hydrogens (primary N) is 1. The lowest BCUT2D eigenvalue weighted by atomic mass is 10.1. The number of likely N-dealkylation sites (N-methyl/N-ethyl adjacent to an activating group) is 1. The molecule has 1 aromatic rings. The summed E-state index contributed by atoms with van der Waals surface area (Å²) in [5.41, 5.74) is 6.38. The molecular formula is C13H20N2O3. The summed E-state index contributed by atoms with van der Waals surface area (Å²) in [6.07, 6.45) is 0.872. The van der Waals surface area contributed by atoms with Crippen molar-refractivity contribution in [1.82, 2.24) is 5.32 Å². The maximum atomic E-state index is 11.0. The Hall–Kier alpha value is -1.59. The first-order valence-corrected chi connectivity index (χ1v) is 5.84. The van der Waals surface area contributed by atoms with E-state index in [2.05, 4.69) is 5.32 Å². The highest BCUT2D eigenvalue weighted by atomic mass is 16.5. The van der Waals surface area contributed by atoms with Crippen molar-refractivity contribution in [3.8, 4) is 5.75 Å². The van der Waals surface area contributed by atoms with Gasteiger partial charge in [0.25, 0.3) is 0 Å². The number of hydrogen-bond donors (Lipinski definition) is 2. The van der Waals surface area contributed by atoms with Gasteiger partial charge in [0.1, 0.15) is 18.4 Å². The average Bonchev–Trinajstić information content (AvgIpc) is 2.38. The van der Waals surface area contributed by atoms with Crippen molar-refractivity contribution in [3.63, 3.8) is 0 Å². The van der Waals surface area contributed by atoms with Gasteiger partial charge < -0.3 is 20.5 Å². The SMILES string of the molecule is CNC(COc1ccc(CCOC)cc1)C(N)=O. The van der Waals surface area contributed by atoms with E-state index in [1.807, 2.05) is 24.3 Å². The molecule has 0 radical (unpaired) electrons. The number of amides is 1. The van der Waals surface area contributed by atoms with Gasteiger partial charge >= 0.3 is 0 Å². The first kappa shape index (κ1) is 14.5. The molecule has 5 heteroatoms. The summed E-state index contributed by atoms with van der Waals surface area (Å²) in [7, 11) is 3.35. The van der Waals surface area contributed by atoms with E-state index in [1.165, 1.54) is 5.56 Å². The molecular weight excluding hydrogens is 232 g/mol. The molecule has 0 aliphatic carbocycles. The van der Waals surface area contributed by atoms with Gasteiger partial charge in [-0.1, -0.05) is 12.1 Å². The summed E-state index contributed by atoms with van der Waals surface area (Å²) in [5, 5.41) is 2.79. The van der Waals surface area contributed by atoms with Gasteiger partial charge in [-0.25, -0.2) is 0 Å². The first-order valence-electron chi connectivity index (χ1n) is 5.84. The standard InChI is InChI=1S/C13H20N2O3/c1-15-12(13(14)16)9-18-11-5-3-10(4-6-11)7-8-17-2/h3-6,12,15H,7-9H2,1-2H3,(H2,14,16). The Morgan fingerprint density at radius 2 is 2.06 bits per heavy atom. The summed E-state index contributed by atoms with van der Waals surface area (Å²) >= 11 is 0. The van der Waals surface area contributed by atoms with Crippen LogP contribution in [-0.4, -0.2) is 39.3 Å². The van der Waals surface area contributed by atoms with Gasteiger partial charge in [-0.3, -0.25) is 4.79 Å². The minimum atomic E-state index is -0.474. The largest absolute Gasteiger partial charge is 0.491 e. The van der Waals surface area contributed by atoms with Gasteiger partial charge in [-0.05, 0) is 31.2 Å². The zero-order chi connectivity index (χ0) is 13.4. The van der Waals surface area contributed by atoms with Crippen LogP contribution >= 0.6 is 0 Å². The van der Waals surface area contributed by atoms with E-state index < -0.39 is 11.9 Å². The van der Waals surface area contributed by atoms with Crippen molar-refractivity contribution in [2.45, 2.75) is 12.5 Å². The van der Waals surface area contributed by atoms with Crippen molar-refractivity contribution < 1.29 is 14.3 Å². The number of hydrogen-bond acceptors (Lipinski definition) is 4. The molecule has 0 aliphatic heterocycles. The van der Waals surface area contributed by atoms with Crippen LogP contribution in [-0.2, 0) is 16.0 Å². The minimum absolute atomic E-state index is 0.225. The van der Waals surface area contributed by atoms with Gasteiger partial charge in [-0.2, -0.15) is 0 Å². The smallest absolute Gasteiger partial charge is 0.238 e. The highest BCUT2D eigenvalue weighted by Crippen LogP contribution is 2.12. The molecule has 0 spiro atoms. The molecule has 0 bridgehead atoms. The van der Waals surface area contributed by atoms with Crippen LogP contribution in [0.5, 0.6) is 5.75 Å². The van der Waals surface area contributed by atoms with Crippen LogP contribution in [0.2, 0.25) is 0 Å². The number of carbonyl (C=O) groups is 1. The lowest BCUT2D eigenvalue weighted by molar-refractivity contribution is -0.120. The van der Waals surface area contributed by atoms with Crippen LogP contribution in [0.25, 0.3) is 0 Å². The number of methoxy groups -OCH3 is 1. The molecule has 0 saturated heterocycles. The third-order valence-electron chi connectivity index (χ3n) is 2.63. The van der Waals surface area contributed by atoms with Crippen LogP contribution in [0.3, 0.4) is 0 Å². The topological polar surface area (TPSA) is 73.6 Å². The molecule has 1 rings (SSSR count). The molecule has 18 heavy (non-hydrogen) atoms. The van der Waals surface area contributed by atoms with Crippen LogP contribution in [0.1, 0.15) is 5.56 Å². The maximum absolute atomic E-state index is 11.0. The van der Waals surface area contributed by atoms with Crippen LogP contribution in [0.15, 0.2) is 24.3 Å². The molecule has 1 unspecified atom stereocenters. The van der Waals surface area contributed by atoms with Crippen molar-refractivity contribution in [2.75, 3.05) is 27.4 Å². The molecule has 0 saturated carbocycles. The quantitative estimate of drug-likeness (QED) is 0.699. The van der Waals surface area contributed by atoms with Gasteiger partial charge in [0.15, 0.2) is 0 Å². The van der Waals surface area contributed by atoms with E-state index in [-0.39, 0.29) is 6.61 Å². The Balaban J connectivity index is 2.45. The summed E-state index contributed by atoms with van der Waals surface area (Å²) in [6, 6.07) is 7.23. The fourth-order valence-corrected chi connectivity index (χ4v) is 1.46. The maximum Gasteiger partial charge on any atom is 0.238 e. The number of benzene rings is 1. The van der Waals surface area contributed by atoms with Gasteiger partial charge in [0.2, 0.25) is 5.91 Å². The van der Waals surface area contributed by atoms with E-state index in [1.54, 1.807) is 14.2 Å². The van der Waals surface area contributed by atoms with Gasteiger partial charge in [0.05, 0.1) is 6.61 Å². The Morgan fingerprint density at radius 3 is 2.56 bits per heavy atom. The number of ether oxygens (including phenoxy) is 2. The third kappa shape index (κ3) is 4.73. The van der Waals surface area contributed by atoms with Crippen molar-refractivity contribution in [3.05, 3.63) is 29.8 Å². The molecule has 0 fully saturated rings. The molecule has 3 N–H and O–H groups in total. The van der Waals surface area contributed by atoms with Crippen LogP contribution < -0.4 is 15.8 Å². The second-order valence-corrected chi connectivity index (χ2v) is 3.94. The second kappa shape index (κ2) is 7.68. The minimum Gasteiger partial charge on any atom is -0.491 e. The Bertz CT molecular complexity index is 365. The summed E-state index contributed by atoms with van der Waals surface area (Å²) in [4.78, 5) is 11.0.